The fourth-order valence-electron chi connectivity index (χ4n) is 2.31. The van der Waals surface area contributed by atoms with Crippen molar-refractivity contribution >= 4 is 0 Å². The quantitative estimate of drug-likeness (QED) is 0.604. The second-order valence-corrected chi connectivity index (χ2v) is 6.52. The highest BCUT2D eigenvalue weighted by molar-refractivity contribution is 5.30. The summed E-state index contributed by atoms with van der Waals surface area (Å²) < 4.78 is 6.00. The van der Waals surface area contributed by atoms with Gasteiger partial charge in [0.05, 0.1) is 0 Å². The molecule has 19 heavy (non-hydrogen) atoms. The van der Waals surface area contributed by atoms with Crippen LogP contribution in [-0.4, -0.2) is 5.60 Å². The van der Waals surface area contributed by atoms with E-state index >= 15 is 0 Å². The minimum Gasteiger partial charge on any atom is -0.488 e. The Balaban J connectivity index is 2.75. The first-order chi connectivity index (χ1) is 8.88. The molecular weight excluding hydrogens is 232 g/mol. The first kappa shape index (κ1) is 16.1. The zero-order valence-electron chi connectivity index (χ0n) is 13.5. The van der Waals surface area contributed by atoms with Crippen LogP contribution in [0.5, 0.6) is 5.75 Å². The van der Waals surface area contributed by atoms with Gasteiger partial charge >= 0.3 is 0 Å². The average molecular weight is 262 g/mol. The highest BCUT2D eigenvalue weighted by atomic mass is 16.5. The normalized spacial score (nSPS) is 13.6. The van der Waals surface area contributed by atoms with Crippen molar-refractivity contribution < 1.29 is 4.74 Å². The molecule has 1 aromatic rings. The number of hydrogen-bond donors (Lipinski definition) is 0. The molecule has 0 N–H and O–H groups in total. The Labute approximate surface area is 119 Å². The van der Waals surface area contributed by atoms with Gasteiger partial charge in [-0.2, -0.15) is 0 Å². The van der Waals surface area contributed by atoms with Crippen molar-refractivity contribution in [2.24, 2.45) is 5.92 Å². The van der Waals surface area contributed by atoms with Crippen LogP contribution in [-0.2, 0) is 0 Å². The molecule has 0 saturated heterocycles. The van der Waals surface area contributed by atoms with Crippen LogP contribution in [0.15, 0.2) is 24.3 Å². The first-order valence-corrected chi connectivity index (χ1v) is 7.67. The molecule has 0 bridgehead atoms. The Morgan fingerprint density at radius 2 is 1.63 bits per heavy atom. The highest BCUT2D eigenvalue weighted by Gasteiger charge is 2.17. The van der Waals surface area contributed by atoms with Gasteiger partial charge in [0.15, 0.2) is 0 Å². The van der Waals surface area contributed by atoms with Crippen LogP contribution >= 0.6 is 0 Å². The van der Waals surface area contributed by atoms with Crippen molar-refractivity contribution in [2.75, 3.05) is 0 Å². The van der Waals surface area contributed by atoms with Gasteiger partial charge in [0, 0.05) is 0 Å². The van der Waals surface area contributed by atoms with Gasteiger partial charge in [-0.05, 0) is 62.6 Å². The molecule has 1 rings (SSSR count). The first-order valence-electron chi connectivity index (χ1n) is 7.67. The summed E-state index contributed by atoms with van der Waals surface area (Å²) >= 11 is 0. The summed E-state index contributed by atoms with van der Waals surface area (Å²) in [6.45, 7) is 13.3. The Hall–Kier alpha value is -0.980. The number of rotatable bonds is 7. The SMILES string of the molecule is CCC(CC(C)C)c1ccc(OC(C)(C)CC)cc1. The Morgan fingerprint density at radius 1 is 1.05 bits per heavy atom. The van der Waals surface area contributed by atoms with Gasteiger partial charge in [0.2, 0.25) is 0 Å². The van der Waals surface area contributed by atoms with Crippen molar-refractivity contribution in [1.29, 1.82) is 0 Å². The van der Waals surface area contributed by atoms with Gasteiger partial charge in [-0.3, -0.25) is 0 Å². The van der Waals surface area contributed by atoms with Crippen LogP contribution in [0.1, 0.15) is 72.3 Å². The van der Waals surface area contributed by atoms with E-state index in [9.17, 15) is 0 Å². The standard InChI is InChI=1S/C18H30O/c1-7-15(13-14(3)4)16-9-11-17(12-10-16)19-18(5,6)8-2/h9-12,14-15H,7-8,13H2,1-6H3. The van der Waals surface area contributed by atoms with Gasteiger partial charge in [0.1, 0.15) is 11.4 Å². The molecule has 0 aliphatic carbocycles. The van der Waals surface area contributed by atoms with E-state index < -0.39 is 0 Å². The molecule has 1 aromatic carbocycles. The molecule has 1 unspecified atom stereocenters. The summed E-state index contributed by atoms with van der Waals surface area (Å²) in [6, 6.07) is 8.71. The second-order valence-electron chi connectivity index (χ2n) is 6.52. The number of benzene rings is 1. The number of hydrogen-bond acceptors (Lipinski definition) is 1. The van der Waals surface area contributed by atoms with Gasteiger partial charge in [-0.25, -0.2) is 0 Å². The fourth-order valence-corrected chi connectivity index (χ4v) is 2.31. The van der Waals surface area contributed by atoms with Gasteiger partial charge < -0.3 is 4.74 Å². The lowest BCUT2D eigenvalue weighted by Gasteiger charge is -2.25. The van der Waals surface area contributed by atoms with E-state index in [4.69, 9.17) is 4.74 Å². The van der Waals surface area contributed by atoms with E-state index in [1.807, 2.05) is 0 Å². The van der Waals surface area contributed by atoms with Crippen LogP contribution in [0.2, 0.25) is 0 Å². The maximum atomic E-state index is 6.00. The van der Waals surface area contributed by atoms with Crippen molar-refractivity contribution in [1.82, 2.24) is 0 Å². The molecule has 1 atom stereocenters. The van der Waals surface area contributed by atoms with Crippen LogP contribution in [0.4, 0.5) is 0 Å². The van der Waals surface area contributed by atoms with E-state index in [1.54, 1.807) is 0 Å². The Kier molecular flexibility index (Phi) is 5.90. The minimum absolute atomic E-state index is 0.0798. The van der Waals surface area contributed by atoms with E-state index in [0.29, 0.717) is 5.92 Å². The van der Waals surface area contributed by atoms with Gasteiger partial charge in [-0.15, -0.1) is 0 Å². The minimum atomic E-state index is -0.0798. The largest absolute Gasteiger partial charge is 0.488 e. The predicted molar refractivity (Wildman–Crippen MR) is 83.9 cm³/mol. The number of ether oxygens (including phenoxy) is 1. The highest BCUT2D eigenvalue weighted by Crippen LogP contribution is 2.29. The summed E-state index contributed by atoms with van der Waals surface area (Å²) in [5.41, 5.74) is 1.36. The van der Waals surface area contributed by atoms with Crippen molar-refractivity contribution in [2.45, 2.75) is 72.3 Å². The monoisotopic (exact) mass is 262 g/mol. The van der Waals surface area contributed by atoms with E-state index in [1.165, 1.54) is 18.4 Å². The molecule has 0 amide bonds. The molecule has 0 radical (unpaired) electrons. The summed E-state index contributed by atoms with van der Waals surface area (Å²) in [5.74, 6) is 2.41. The summed E-state index contributed by atoms with van der Waals surface area (Å²) in [6.07, 6.45) is 3.48. The Morgan fingerprint density at radius 3 is 2.05 bits per heavy atom. The van der Waals surface area contributed by atoms with E-state index in [0.717, 1.165) is 18.1 Å². The van der Waals surface area contributed by atoms with E-state index in [2.05, 4.69) is 65.8 Å². The summed E-state index contributed by atoms with van der Waals surface area (Å²) in [4.78, 5) is 0. The molecule has 1 nitrogen and oxygen atoms in total. The van der Waals surface area contributed by atoms with Crippen molar-refractivity contribution in [3.05, 3.63) is 29.8 Å². The third-order valence-electron chi connectivity index (χ3n) is 3.85. The van der Waals surface area contributed by atoms with Gasteiger partial charge in [0.25, 0.3) is 0 Å². The molecule has 0 aromatic heterocycles. The third kappa shape index (κ3) is 5.26. The lowest BCUT2D eigenvalue weighted by molar-refractivity contribution is 0.105. The van der Waals surface area contributed by atoms with Gasteiger partial charge in [-0.1, -0.05) is 39.8 Å². The smallest absolute Gasteiger partial charge is 0.120 e. The van der Waals surface area contributed by atoms with Crippen LogP contribution in [0, 0.1) is 5.92 Å². The molecule has 0 spiro atoms. The Bertz CT molecular complexity index is 362. The average Bonchev–Trinajstić information content (AvgIpc) is 2.36. The molecule has 0 fully saturated rings. The predicted octanol–water partition coefficient (Wildman–Crippen LogP) is 5.79. The lowest BCUT2D eigenvalue weighted by atomic mass is 9.88. The van der Waals surface area contributed by atoms with Crippen LogP contribution in [0.3, 0.4) is 0 Å². The molecule has 108 valence electrons. The topological polar surface area (TPSA) is 9.23 Å². The molecule has 0 aliphatic heterocycles. The summed E-state index contributed by atoms with van der Waals surface area (Å²) in [7, 11) is 0. The third-order valence-corrected chi connectivity index (χ3v) is 3.85. The second kappa shape index (κ2) is 6.98. The molecule has 0 aliphatic rings. The van der Waals surface area contributed by atoms with Crippen LogP contribution in [0.25, 0.3) is 0 Å². The summed E-state index contributed by atoms with van der Waals surface area (Å²) in [5, 5.41) is 0. The maximum absolute atomic E-state index is 6.00. The lowest BCUT2D eigenvalue weighted by Crippen LogP contribution is -2.26. The molecule has 0 saturated carbocycles. The van der Waals surface area contributed by atoms with E-state index in [-0.39, 0.29) is 5.60 Å². The van der Waals surface area contributed by atoms with Crippen molar-refractivity contribution in [3.8, 4) is 5.75 Å². The molecule has 1 heteroatoms. The maximum Gasteiger partial charge on any atom is 0.120 e. The van der Waals surface area contributed by atoms with Crippen LogP contribution < -0.4 is 4.74 Å². The van der Waals surface area contributed by atoms with Crippen molar-refractivity contribution in [3.63, 3.8) is 0 Å². The fraction of sp³-hybridized carbons (Fsp3) is 0.667. The zero-order chi connectivity index (χ0) is 14.5. The molecule has 0 heterocycles. The molecular formula is C18H30O. The zero-order valence-corrected chi connectivity index (χ0v) is 13.5.